The molecule has 3 rings (SSSR count). The van der Waals surface area contributed by atoms with E-state index in [0.717, 1.165) is 30.0 Å². The summed E-state index contributed by atoms with van der Waals surface area (Å²) in [4.78, 5) is 11.2. The Morgan fingerprint density at radius 3 is 2.60 bits per heavy atom. The summed E-state index contributed by atoms with van der Waals surface area (Å²) in [6.45, 7) is 4.20. The number of benzene rings is 1. The molecule has 0 bridgehead atoms. The minimum absolute atomic E-state index is 0.136. The van der Waals surface area contributed by atoms with Crippen molar-refractivity contribution in [1.29, 1.82) is 0 Å². The molecule has 0 unspecified atom stereocenters. The molecule has 0 radical (unpaired) electrons. The maximum atomic E-state index is 9.83. The smallest absolute Gasteiger partial charge is 0.231 e. The number of aliphatic hydroxyl groups is 1. The van der Waals surface area contributed by atoms with Crippen LogP contribution in [0.3, 0.4) is 0 Å². The number of anilines is 3. The quantitative estimate of drug-likeness (QED) is 0.841. The first kappa shape index (κ1) is 17.6. The third-order valence-electron chi connectivity index (χ3n) is 4.82. The molecule has 0 spiro atoms. The van der Waals surface area contributed by atoms with Crippen LogP contribution >= 0.6 is 0 Å². The van der Waals surface area contributed by atoms with E-state index >= 15 is 0 Å². The van der Waals surface area contributed by atoms with E-state index in [-0.39, 0.29) is 12.0 Å². The van der Waals surface area contributed by atoms with Gasteiger partial charge in [0.2, 0.25) is 5.95 Å². The largest absolute Gasteiger partial charge is 0.396 e. The third kappa shape index (κ3) is 4.27. The first-order chi connectivity index (χ1) is 12.1. The second kappa shape index (κ2) is 7.80. The summed E-state index contributed by atoms with van der Waals surface area (Å²) < 4.78 is 5.43. The van der Waals surface area contributed by atoms with Crippen LogP contribution in [0.4, 0.5) is 17.5 Å². The van der Waals surface area contributed by atoms with Gasteiger partial charge < -0.3 is 20.1 Å². The highest BCUT2D eigenvalue weighted by atomic mass is 16.5. The Morgan fingerprint density at radius 2 is 1.92 bits per heavy atom. The fraction of sp³-hybridized carbons (Fsp3) is 0.474. The van der Waals surface area contributed by atoms with Crippen molar-refractivity contribution in [1.82, 2.24) is 9.97 Å². The minimum Gasteiger partial charge on any atom is -0.396 e. The van der Waals surface area contributed by atoms with Gasteiger partial charge in [0.25, 0.3) is 0 Å². The van der Waals surface area contributed by atoms with Gasteiger partial charge in [-0.05, 0) is 31.9 Å². The first-order valence-corrected chi connectivity index (χ1v) is 8.69. The molecule has 1 fully saturated rings. The van der Waals surface area contributed by atoms with Crippen molar-refractivity contribution in [2.45, 2.75) is 19.8 Å². The van der Waals surface area contributed by atoms with E-state index in [1.165, 1.54) is 0 Å². The number of nitrogens with zero attached hydrogens (tertiary/aromatic N) is 3. The number of aliphatic hydroxyl groups excluding tert-OH is 1. The maximum Gasteiger partial charge on any atom is 0.231 e. The lowest BCUT2D eigenvalue weighted by Gasteiger charge is -2.35. The molecule has 134 valence electrons. The molecule has 1 aromatic heterocycles. The van der Waals surface area contributed by atoms with E-state index in [1.54, 1.807) is 0 Å². The van der Waals surface area contributed by atoms with Crippen LogP contribution in [0.2, 0.25) is 0 Å². The standard InChI is InChI=1S/C19H26N4O2/c1-15-12-17(20-13-19(14-24)8-10-25-11-9-19)22-18(21-15)23(2)16-6-4-3-5-7-16/h3-7,12,24H,8-11,13-14H2,1-2H3,(H,20,21,22). The van der Waals surface area contributed by atoms with Crippen LogP contribution in [0, 0.1) is 12.3 Å². The fourth-order valence-electron chi connectivity index (χ4n) is 3.03. The van der Waals surface area contributed by atoms with Gasteiger partial charge in [0, 0.05) is 49.7 Å². The van der Waals surface area contributed by atoms with Crippen molar-refractivity contribution in [3.05, 3.63) is 42.1 Å². The maximum absolute atomic E-state index is 9.83. The Balaban J connectivity index is 1.75. The monoisotopic (exact) mass is 342 g/mol. The molecule has 25 heavy (non-hydrogen) atoms. The molecule has 1 aliphatic heterocycles. The molecule has 0 aliphatic carbocycles. The van der Waals surface area contributed by atoms with E-state index < -0.39 is 0 Å². The Labute approximate surface area is 148 Å². The van der Waals surface area contributed by atoms with Gasteiger partial charge in [-0.15, -0.1) is 0 Å². The predicted octanol–water partition coefficient (Wildman–Crippen LogP) is 2.75. The van der Waals surface area contributed by atoms with Gasteiger partial charge in [-0.1, -0.05) is 18.2 Å². The Hall–Kier alpha value is -2.18. The van der Waals surface area contributed by atoms with Crippen LogP contribution in [0.5, 0.6) is 0 Å². The fourth-order valence-corrected chi connectivity index (χ4v) is 3.03. The van der Waals surface area contributed by atoms with Gasteiger partial charge in [0.05, 0.1) is 6.61 Å². The van der Waals surface area contributed by atoms with Crippen molar-refractivity contribution in [2.75, 3.05) is 43.6 Å². The van der Waals surface area contributed by atoms with Crippen molar-refractivity contribution >= 4 is 17.5 Å². The summed E-state index contributed by atoms with van der Waals surface area (Å²) in [5, 5.41) is 13.2. The number of nitrogens with one attached hydrogen (secondary N) is 1. The third-order valence-corrected chi connectivity index (χ3v) is 4.82. The zero-order valence-corrected chi connectivity index (χ0v) is 14.9. The lowest BCUT2D eigenvalue weighted by molar-refractivity contribution is -0.00861. The molecule has 0 atom stereocenters. The van der Waals surface area contributed by atoms with Crippen LogP contribution in [0.15, 0.2) is 36.4 Å². The lowest BCUT2D eigenvalue weighted by Crippen LogP contribution is -2.39. The van der Waals surface area contributed by atoms with Crippen LogP contribution in [0.1, 0.15) is 18.5 Å². The highest BCUT2D eigenvalue weighted by molar-refractivity contribution is 5.57. The summed E-state index contributed by atoms with van der Waals surface area (Å²) in [5.41, 5.74) is 1.80. The molecule has 1 saturated heterocycles. The average molecular weight is 342 g/mol. The molecule has 0 saturated carbocycles. The van der Waals surface area contributed by atoms with Gasteiger partial charge in [-0.2, -0.15) is 4.98 Å². The number of aromatic nitrogens is 2. The Kier molecular flexibility index (Phi) is 5.50. The molecule has 2 N–H and O–H groups in total. The molecule has 1 aliphatic rings. The van der Waals surface area contributed by atoms with Crippen LogP contribution in [-0.2, 0) is 4.74 Å². The topological polar surface area (TPSA) is 70.5 Å². The second-order valence-corrected chi connectivity index (χ2v) is 6.71. The zero-order chi connectivity index (χ0) is 17.7. The van der Waals surface area contributed by atoms with E-state index in [9.17, 15) is 5.11 Å². The van der Waals surface area contributed by atoms with Crippen molar-refractivity contribution in [3.8, 4) is 0 Å². The summed E-state index contributed by atoms with van der Waals surface area (Å²) in [7, 11) is 1.96. The van der Waals surface area contributed by atoms with Gasteiger partial charge >= 0.3 is 0 Å². The van der Waals surface area contributed by atoms with Crippen molar-refractivity contribution in [3.63, 3.8) is 0 Å². The molecule has 2 heterocycles. The van der Waals surface area contributed by atoms with E-state index in [2.05, 4.69) is 15.3 Å². The SMILES string of the molecule is Cc1cc(NCC2(CO)CCOCC2)nc(N(C)c2ccccc2)n1. The van der Waals surface area contributed by atoms with Gasteiger partial charge in [0.15, 0.2) is 0 Å². The van der Waals surface area contributed by atoms with E-state index in [0.29, 0.717) is 25.7 Å². The number of rotatable bonds is 6. The molecule has 6 heteroatoms. The zero-order valence-electron chi connectivity index (χ0n) is 14.9. The summed E-state index contributed by atoms with van der Waals surface area (Å²) in [6, 6.07) is 12.0. The number of aryl methyl sites for hydroxylation is 1. The average Bonchev–Trinajstić information content (AvgIpc) is 2.67. The van der Waals surface area contributed by atoms with Crippen molar-refractivity contribution < 1.29 is 9.84 Å². The summed E-state index contributed by atoms with van der Waals surface area (Å²) in [5.74, 6) is 1.43. The molecular formula is C19H26N4O2. The van der Waals surface area contributed by atoms with Gasteiger partial charge in [-0.25, -0.2) is 4.98 Å². The molecule has 0 amide bonds. The minimum atomic E-state index is -0.136. The predicted molar refractivity (Wildman–Crippen MR) is 99.3 cm³/mol. The molecule has 1 aromatic carbocycles. The highest BCUT2D eigenvalue weighted by Gasteiger charge is 2.32. The summed E-state index contributed by atoms with van der Waals surface area (Å²) in [6.07, 6.45) is 1.72. The molecular weight excluding hydrogens is 316 g/mol. The Morgan fingerprint density at radius 1 is 1.20 bits per heavy atom. The first-order valence-electron chi connectivity index (χ1n) is 8.69. The van der Waals surface area contributed by atoms with E-state index in [4.69, 9.17) is 4.74 Å². The van der Waals surface area contributed by atoms with Gasteiger partial charge in [0.1, 0.15) is 5.82 Å². The van der Waals surface area contributed by atoms with Gasteiger partial charge in [-0.3, -0.25) is 0 Å². The van der Waals surface area contributed by atoms with Crippen LogP contribution < -0.4 is 10.2 Å². The van der Waals surface area contributed by atoms with Crippen LogP contribution in [-0.4, -0.2) is 48.5 Å². The molecule has 2 aromatic rings. The molecule has 6 nitrogen and oxygen atoms in total. The number of hydrogen-bond donors (Lipinski definition) is 2. The van der Waals surface area contributed by atoms with E-state index in [1.807, 2.05) is 55.3 Å². The number of ether oxygens (including phenoxy) is 1. The highest BCUT2D eigenvalue weighted by Crippen LogP contribution is 2.30. The summed E-state index contributed by atoms with van der Waals surface area (Å²) >= 11 is 0. The Bertz CT molecular complexity index is 687. The lowest BCUT2D eigenvalue weighted by atomic mass is 9.81. The number of para-hydroxylation sites is 1. The van der Waals surface area contributed by atoms with Crippen LogP contribution in [0.25, 0.3) is 0 Å². The second-order valence-electron chi connectivity index (χ2n) is 6.71. The number of hydrogen-bond acceptors (Lipinski definition) is 6. The normalized spacial score (nSPS) is 16.4. The van der Waals surface area contributed by atoms with Crippen molar-refractivity contribution in [2.24, 2.45) is 5.41 Å².